The van der Waals surface area contributed by atoms with Crippen molar-refractivity contribution in [3.63, 3.8) is 0 Å². The molecule has 0 radical (unpaired) electrons. The predicted octanol–water partition coefficient (Wildman–Crippen LogP) is 3.91. The Bertz CT molecular complexity index is 801. The van der Waals surface area contributed by atoms with Crippen LogP contribution in [0.25, 0.3) is 0 Å². The number of rotatable bonds is 6. The summed E-state index contributed by atoms with van der Waals surface area (Å²) in [4.78, 5) is 15.0. The number of phenolic OH excluding ortho intramolecular Hbond substituents is 2. The lowest BCUT2D eigenvalue weighted by molar-refractivity contribution is 0.0989. The third kappa shape index (κ3) is 4.42. The van der Waals surface area contributed by atoms with Gasteiger partial charge in [0, 0.05) is 19.0 Å². The van der Waals surface area contributed by atoms with Crippen LogP contribution in [0.1, 0.15) is 47.7 Å². The van der Waals surface area contributed by atoms with Crippen LogP contribution in [0.4, 0.5) is 0 Å². The minimum Gasteiger partial charge on any atom is -0.507 e. The Morgan fingerprint density at radius 3 is 2.56 bits per heavy atom. The summed E-state index contributed by atoms with van der Waals surface area (Å²) in [5, 5.41) is 20.9. The number of ketones is 1. The number of nitrogens with zero attached hydrogens (tertiary/aromatic N) is 1. The van der Waals surface area contributed by atoms with Crippen LogP contribution in [0, 0.1) is 0 Å². The highest BCUT2D eigenvalue weighted by atomic mass is 16.5. The molecule has 0 aliphatic carbocycles. The van der Waals surface area contributed by atoms with Gasteiger partial charge in [-0.2, -0.15) is 0 Å². The van der Waals surface area contributed by atoms with Gasteiger partial charge in [0.1, 0.15) is 17.2 Å². The highest BCUT2D eigenvalue weighted by Crippen LogP contribution is 2.34. The van der Waals surface area contributed by atoms with E-state index in [-0.39, 0.29) is 29.3 Å². The Morgan fingerprint density at radius 2 is 1.89 bits per heavy atom. The smallest absolute Gasteiger partial charge is 0.170 e. The van der Waals surface area contributed by atoms with Crippen molar-refractivity contribution in [1.29, 1.82) is 0 Å². The molecule has 3 rings (SSSR count). The molecule has 27 heavy (non-hydrogen) atoms. The minimum absolute atomic E-state index is 0.0336. The summed E-state index contributed by atoms with van der Waals surface area (Å²) >= 11 is 0. The molecular formula is C22H27NO4. The predicted molar refractivity (Wildman–Crippen MR) is 105 cm³/mol. The van der Waals surface area contributed by atoms with Crippen LogP contribution in [-0.2, 0) is 13.0 Å². The molecule has 0 bridgehead atoms. The summed E-state index contributed by atoms with van der Waals surface area (Å²) in [5.41, 5.74) is 1.53. The first kappa shape index (κ1) is 19.2. The van der Waals surface area contributed by atoms with Crippen molar-refractivity contribution in [1.82, 2.24) is 4.90 Å². The van der Waals surface area contributed by atoms with Crippen LogP contribution >= 0.6 is 0 Å². The normalized spacial score (nSPS) is 17.6. The second-order valence-electron chi connectivity index (χ2n) is 7.22. The number of phenols is 2. The number of piperidine rings is 1. The molecule has 1 unspecified atom stereocenters. The standard InChI is InChI=1S/C22H27NO4/c1-15-5-3-4-12-23(15)14-19-20(24)11-10-18(22(19)26)21(25)13-16-6-8-17(27-2)9-7-16/h6-11,15,24,26H,3-5,12-14H2,1-2H3. The number of likely N-dealkylation sites (tertiary alicyclic amines) is 1. The molecule has 0 spiro atoms. The van der Waals surface area contributed by atoms with E-state index in [4.69, 9.17) is 4.74 Å². The summed E-state index contributed by atoms with van der Waals surface area (Å²) in [6.07, 6.45) is 3.61. The molecule has 0 amide bonds. The van der Waals surface area contributed by atoms with E-state index in [1.807, 2.05) is 24.3 Å². The van der Waals surface area contributed by atoms with Gasteiger partial charge in [-0.1, -0.05) is 18.6 Å². The summed E-state index contributed by atoms with van der Waals surface area (Å²) in [6, 6.07) is 10.7. The van der Waals surface area contributed by atoms with Crippen LogP contribution in [0.5, 0.6) is 17.2 Å². The van der Waals surface area contributed by atoms with Crippen molar-refractivity contribution in [3.05, 3.63) is 53.1 Å². The average molecular weight is 369 g/mol. The first-order chi connectivity index (χ1) is 13.0. The largest absolute Gasteiger partial charge is 0.507 e. The third-order valence-corrected chi connectivity index (χ3v) is 5.38. The maximum Gasteiger partial charge on any atom is 0.170 e. The fourth-order valence-electron chi connectivity index (χ4n) is 3.63. The zero-order chi connectivity index (χ0) is 19.4. The first-order valence-corrected chi connectivity index (χ1v) is 9.43. The number of ether oxygens (including phenoxy) is 1. The van der Waals surface area contributed by atoms with Gasteiger partial charge in [-0.05, 0) is 56.1 Å². The topological polar surface area (TPSA) is 70.0 Å². The number of hydrogen-bond acceptors (Lipinski definition) is 5. The quantitative estimate of drug-likeness (QED) is 0.756. The van der Waals surface area contributed by atoms with Gasteiger partial charge in [0.2, 0.25) is 0 Å². The Labute approximate surface area is 160 Å². The lowest BCUT2D eigenvalue weighted by atomic mass is 9.97. The maximum absolute atomic E-state index is 12.7. The van der Waals surface area contributed by atoms with E-state index < -0.39 is 0 Å². The first-order valence-electron chi connectivity index (χ1n) is 9.43. The molecule has 1 fully saturated rings. The third-order valence-electron chi connectivity index (χ3n) is 5.38. The molecule has 1 saturated heterocycles. The van der Waals surface area contributed by atoms with E-state index in [0.29, 0.717) is 18.2 Å². The van der Waals surface area contributed by atoms with E-state index >= 15 is 0 Å². The van der Waals surface area contributed by atoms with Crippen molar-refractivity contribution in [2.45, 2.75) is 45.2 Å². The summed E-state index contributed by atoms with van der Waals surface area (Å²) in [7, 11) is 1.60. The fraction of sp³-hybridized carbons (Fsp3) is 0.409. The van der Waals surface area contributed by atoms with Crippen LogP contribution in [-0.4, -0.2) is 40.6 Å². The second-order valence-corrected chi connectivity index (χ2v) is 7.22. The maximum atomic E-state index is 12.7. The molecule has 0 aromatic heterocycles. The Hall–Kier alpha value is -2.53. The molecule has 2 N–H and O–H groups in total. The summed E-state index contributed by atoms with van der Waals surface area (Å²) in [5.74, 6) is 0.486. The molecule has 2 aromatic carbocycles. The molecule has 5 nitrogen and oxygen atoms in total. The highest BCUT2D eigenvalue weighted by molar-refractivity contribution is 6.00. The number of aromatic hydroxyl groups is 2. The molecule has 0 saturated carbocycles. The summed E-state index contributed by atoms with van der Waals surface area (Å²) < 4.78 is 5.13. The van der Waals surface area contributed by atoms with Gasteiger partial charge in [0.15, 0.2) is 5.78 Å². The van der Waals surface area contributed by atoms with Crippen molar-refractivity contribution in [3.8, 4) is 17.2 Å². The number of methoxy groups -OCH3 is 1. The Kier molecular flexibility index (Phi) is 6.01. The second kappa shape index (κ2) is 8.44. The van der Waals surface area contributed by atoms with E-state index in [9.17, 15) is 15.0 Å². The van der Waals surface area contributed by atoms with Crippen molar-refractivity contribution in [2.75, 3.05) is 13.7 Å². The zero-order valence-electron chi connectivity index (χ0n) is 15.9. The van der Waals surface area contributed by atoms with E-state index in [1.54, 1.807) is 7.11 Å². The molecule has 144 valence electrons. The van der Waals surface area contributed by atoms with E-state index in [2.05, 4.69) is 11.8 Å². The molecule has 1 atom stereocenters. The zero-order valence-corrected chi connectivity index (χ0v) is 15.9. The van der Waals surface area contributed by atoms with E-state index in [1.165, 1.54) is 18.6 Å². The summed E-state index contributed by atoms with van der Waals surface area (Å²) in [6.45, 7) is 3.54. The number of hydrogen-bond donors (Lipinski definition) is 2. The molecule has 1 heterocycles. The van der Waals surface area contributed by atoms with Crippen LogP contribution in [0.3, 0.4) is 0 Å². The van der Waals surface area contributed by atoms with Crippen molar-refractivity contribution >= 4 is 5.78 Å². The Balaban J connectivity index is 1.79. The number of carbonyl (C=O) groups is 1. The fourth-order valence-corrected chi connectivity index (χ4v) is 3.63. The van der Waals surface area contributed by atoms with Gasteiger partial charge in [0.05, 0.1) is 18.2 Å². The lowest BCUT2D eigenvalue weighted by Crippen LogP contribution is -2.36. The molecule has 1 aliphatic heterocycles. The average Bonchev–Trinajstić information content (AvgIpc) is 2.67. The number of carbonyl (C=O) groups excluding carboxylic acids is 1. The molecule has 1 aliphatic rings. The van der Waals surface area contributed by atoms with Gasteiger partial charge in [-0.25, -0.2) is 0 Å². The monoisotopic (exact) mass is 369 g/mol. The van der Waals surface area contributed by atoms with E-state index in [0.717, 1.165) is 30.7 Å². The van der Waals surface area contributed by atoms with Crippen molar-refractivity contribution in [2.24, 2.45) is 0 Å². The van der Waals surface area contributed by atoms with Gasteiger partial charge < -0.3 is 14.9 Å². The number of benzene rings is 2. The molecular weight excluding hydrogens is 342 g/mol. The van der Waals surface area contributed by atoms with Crippen LogP contribution in [0.15, 0.2) is 36.4 Å². The Morgan fingerprint density at radius 1 is 1.15 bits per heavy atom. The minimum atomic E-state index is -0.175. The van der Waals surface area contributed by atoms with Crippen molar-refractivity contribution < 1.29 is 19.7 Å². The van der Waals surface area contributed by atoms with Gasteiger partial charge in [0.25, 0.3) is 0 Å². The van der Waals surface area contributed by atoms with Crippen LogP contribution in [0.2, 0.25) is 0 Å². The molecule has 2 aromatic rings. The SMILES string of the molecule is COc1ccc(CC(=O)c2ccc(O)c(CN3CCCCC3C)c2O)cc1. The van der Waals surface area contributed by atoms with Gasteiger partial charge in [-0.15, -0.1) is 0 Å². The van der Waals surface area contributed by atoms with Crippen LogP contribution < -0.4 is 4.74 Å². The molecule has 5 heteroatoms. The number of Topliss-reactive ketones (excluding diaryl/α,β-unsaturated/α-hetero) is 1. The lowest BCUT2D eigenvalue weighted by Gasteiger charge is -2.33. The van der Waals surface area contributed by atoms with Gasteiger partial charge in [-0.3, -0.25) is 9.69 Å². The highest BCUT2D eigenvalue weighted by Gasteiger charge is 2.23. The van der Waals surface area contributed by atoms with Gasteiger partial charge >= 0.3 is 0 Å².